The Bertz CT molecular complexity index is 886. The predicted molar refractivity (Wildman–Crippen MR) is 92.5 cm³/mol. The Morgan fingerprint density at radius 3 is 2.33 bits per heavy atom. The molecule has 27 heavy (non-hydrogen) atoms. The van der Waals surface area contributed by atoms with Gasteiger partial charge in [-0.05, 0) is 37.1 Å². The largest absolute Gasteiger partial charge is 0.491 e. The summed E-state index contributed by atoms with van der Waals surface area (Å²) in [4.78, 5) is 16.1. The molecule has 1 aromatic carbocycles. The van der Waals surface area contributed by atoms with Crippen molar-refractivity contribution >= 4 is 29.1 Å². The van der Waals surface area contributed by atoms with Crippen LogP contribution in [-0.4, -0.2) is 34.7 Å². The Balaban J connectivity index is 1.69. The third kappa shape index (κ3) is 4.97. The number of hydrogen-bond donors (Lipinski definition) is 1. The molecule has 144 valence electrons. The number of ether oxygens (including phenoxy) is 2. The van der Waals surface area contributed by atoms with Crippen LogP contribution in [0.15, 0.2) is 41.7 Å². The number of halogens is 4. The summed E-state index contributed by atoms with van der Waals surface area (Å²) in [6, 6.07) is 6.01. The lowest BCUT2D eigenvalue weighted by Gasteiger charge is -2.16. The van der Waals surface area contributed by atoms with Gasteiger partial charge in [0.05, 0.1) is 22.4 Å². The SMILES string of the molecule is O=C(N=c1c(Cl)cn(O)cc1Cl)c1ccc(OCC2(OC(F)F)CC2)cc1. The highest BCUT2D eigenvalue weighted by molar-refractivity contribution is 6.34. The van der Waals surface area contributed by atoms with Crippen LogP contribution in [-0.2, 0) is 4.74 Å². The van der Waals surface area contributed by atoms with Gasteiger partial charge >= 0.3 is 6.61 Å². The average Bonchev–Trinajstić information content (AvgIpc) is 3.35. The van der Waals surface area contributed by atoms with Gasteiger partial charge in [0.1, 0.15) is 23.3 Å². The monoisotopic (exact) mass is 418 g/mol. The van der Waals surface area contributed by atoms with Crippen molar-refractivity contribution in [3.63, 3.8) is 0 Å². The summed E-state index contributed by atoms with van der Waals surface area (Å²) < 4.78 is 35.4. The minimum atomic E-state index is -2.84. The summed E-state index contributed by atoms with van der Waals surface area (Å²) in [5.41, 5.74) is -0.678. The zero-order valence-corrected chi connectivity index (χ0v) is 15.3. The molecule has 1 fully saturated rings. The van der Waals surface area contributed by atoms with E-state index >= 15 is 0 Å². The molecule has 0 spiro atoms. The third-order valence-corrected chi connectivity index (χ3v) is 4.46. The molecule has 6 nitrogen and oxygen atoms in total. The molecule has 0 bridgehead atoms. The van der Waals surface area contributed by atoms with Gasteiger partial charge in [-0.15, -0.1) is 0 Å². The molecule has 10 heteroatoms. The van der Waals surface area contributed by atoms with E-state index in [9.17, 15) is 18.8 Å². The Morgan fingerprint density at radius 1 is 1.22 bits per heavy atom. The lowest BCUT2D eigenvalue weighted by Crippen LogP contribution is -2.25. The first-order valence-electron chi connectivity index (χ1n) is 7.82. The third-order valence-electron chi connectivity index (χ3n) is 3.91. The average molecular weight is 419 g/mol. The minimum absolute atomic E-state index is 0.00536. The maximum Gasteiger partial charge on any atom is 0.345 e. The zero-order valence-electron chi connectivity index (χ0n) is 13.7. The lowest BCUT2D eigenvalue weighted by atomic mass is 10.2. The van der Waals surface area contributed by atoms with E-state index in [0.29, 0.717) is 23.3 Å². The number of pyridine rings is 1. The molecule has 0 aliphatic heterocycles. The first-order chi connectivity index (χ1) is 12.8. The number of hydrogen-bond acceptors (Lipinski definition) is 4. The molecule has 0 unspecified atom stereocenters. The number of benzene rings is 1. The first-order valence-corrected chi connectivity index (χ1v) is 8.58. The number of carbonyl (C=O) groups is 1. The number of rotatable bonds is 6. The molecule has 1 heterocycles. The fraction of sp³-hybridized carbons (Fsp3) is 0.294. The van der Waals surface area contributed by atoms with Gasteiger partial charge < -0.3 is 14.7 Å². The summed E-state index contributed by atoms with van der Waals surface area (Å²) in [7, 11) is 0. The van der Waals surface area contributed by atoms with Crippen LogP contribution in [0.2, 0.25) is 10.0 Å². The molecule has 1 saturated carbocycles. The smallest absolute Gasteiger partial charge is 0.345 e. The van der Waals surface area contributed by atoms with Crippen molar-refractivity contribution in [1.29, 1.82) is 0 Å². The van der Waals surface area contributed by atoms with E-state index in [1.165, 1.54) is 24.3 Å². The van der Waals surface area contributed by atoms with Crippen LogP contribution in [0.5, 0.6) is 5.75 Å². The first kappa shape index (κ1) is 19.6. The van der Waals surface area contributed by atoms with Crippen molar-refractivity contribution < 1.29 is 28.3 Å². The molecule has 0 saturated heterocycles. The van der Waals surface area contributed by atoms with Gasteiger partial charge in [-0.25, -0.2) is 4.99 Å². The van der Waals surface area contributed by atoms with E-state index in [0.717, 1.165) is 12.4 Å². The van der Waals surface area contributed by atoms with Gasteiger partial charge in [0.15, 0.2) is 0 Å². The molecule has 3 rings (SSSR count). The van der Waals surface area contributed by atoms with Crippen molar-refractivity contribution in [2.45, 2.75) is 25.1 Å². The van der Waals surface area contributed by atoms with Crippen molar-refractivity contribution in [3.05, 3.63) is 57.6 Å². The van der Waals surface area contributed by atoms with Crippen LogP contribution in [0.1, 0.15) is 23.2 Å². The van der Waals surface area contributed by atoms with Gasteiger partial charge in [0.2, 0.25) is 0 Å². The maximum absolute atomic E-state index is 12.3. The summed E-state index contributed by atoms with van der Waals surface area (Å²) in [6.45, 7) is -2.83. The summed E-state index contributed by atoms with van der Waals surface area (Å²) >= 11 is 11.8. The second-order valence-electron chi connectivity index (χ2n) is 5.97. The Kier molecular flexibility index (Phi) is 5.69. The number of nitrogens with zero attached hydrogens (tertiary/aromatic N) is 2. The van der Waals surface area contributed by atoms with Gasteiger partial charge in [0.25, 0.3) is 5.91 Å². The van der Waals surface area contributed by atoms with E-state index in [4.69, 9.17) is 27.9 Å². The highest BCUT2D eigenvalue weighted by atomic mass is 35.5. The maximum atomic E-state index is 12.3. The summed E-state index contributed by atoms with van der Waals surface area (Å²) in [6.07, 6.45) is 3.32. The molecule has 1 aromatic heterocycles. The van der Waals surface area contributed by atoms with E-state index in [1.807, 2.05) is 0 Å². The van der Waals surface area contributed by atoms with Crippen LogP contribution < -0.4 is 10.1 Å². The summed E-state index contributed by atoms with van der Waals surface area (Å²) in [5.74, 6) is -0.187. The van der Waals surface area contributed by atoms with E-state index in [1.54, 1.807) is 0 Å². The van der Waals surface area contributed by atoms with Gasteiger partial charge in [0, 0.05) is 5.56 Å². The Hall–Kier alpha value is -2.16. The molecule has 2 aromatic rings. The van der Waals surface area contributed by atoms with Crippen molar-refractivity contribution in [3.8, 4) is 5.75 Å². The number of amides is 1. The Morgan fingerprint density at radius 2 is 1.81 bits per heavy atom. The van der Waals surface area contributed by atoms with Crippen molar-refractivity contribution in [1.82, 2.24) is 4.73 Å². The molecule has 1 aliphatic rings. The quantitative estimate of drug-likeness (QED) is 0.721. The Labute approximate surface area is 162 Å². The molecule has 0 atom stereocenters. The fourth-order valence-electron chi connectivity index (χ4n) is 2.31. The fourth-order valence-corrected chi connectivity index (χ4v) is 2.85. The normalized spacial score (nSPS) is 14.9. The zero-order chi connectivity index (χ0) is 19.6. The van der Waals surface area contributed by atoms with Crippen LogP contribution in [0.4, 0.5) is 8.78 Å². The predicted octanol–water partition coefficient (Wildman–Crippen LogP) is 3.92. The van der Waals surface area contributed by atoms with Gasteiger partial charge in [-0.2, -0.15) is 13.5 Å². The number of carbonyl (C=O) groups excluding carboxylic acids is 1. The van der Waals surface area contributed by atoms with Crippen LogP contribution >= 0.6 is 23.2 Å². The van der Waals surface area contributed by atoms with Gasteiger partial charge in [-0.1, -0.05) is 23.2 Å². The van der Waals surface area contributed by atoms with Crippen LogP contribution in [0.25, 0.3) is 0 Å². The lowest BCUT2D eigenvalue weighted by molar-refractivity contribution is -0.181. The second-order valence-corrected chi connectivity index (χ2v) is 6.79. The molecular formula is C17H14Cl2F2N2O4. The standard InChI is InChI=1S/C17H14Cl2F2N2O4/c18-12-7-23(25)8-13(19)14(12)22-15(24)10-1-3-11(4-2-10)26-9-17(5-6-17)27-16(20)21/h1-4,7-8,16,25H,5-6,9H2. The van der Waals surface area contributed by atoms with Gasteiger partial charge in [-0.3, -0.25) is 4.79 Å². The van der Waals surface area contributed by atoms with Crippen molar-refractivity contribution in [2.75, 3.05) is 6.61 Å². The highest BCUT2D eigenvalue weighted by Crippen LogP contribution is 2.41. The minimum Gasteiger partial charge on any atom is -0.491 e. The number of alkyl halides is 2. The molecule has 1 amide bonds. The van der Waals surface area contributed by atoms with Crippen molar-refractivity contribution in [2.24, 2.45) is 4.99 Å². The molecule has 1 aliphatic carbocycles. The molecule has 0 radical (unpaired) electrons. The van der Waals surface area contributed by atoms with Crippen LogP contribution in [0, 0.1) is 0 Å². The van der Waals surface area contributed by atoms with E-state index in [-0.39, 0.29) is 27.6 Å². The molecule has 1 N–H and O–H groups in total. The topological polar surface area (TPSA) is 73.1 Å². The number of aromatic nitrogens is 1. The molecular weight excluding hydrogens is 405 g/mol. The second kappa shape index (κ2) is 7.84. The van der Waals surface area contributed by atoms with E-state index in [2.05, 4.69) is 9.73 Å². The van der Waals surface area contributed by atoms with E-state index < -0.39 is 18.1 Å². The summed E-state index contributed by atoms with van der Waals surface area (Å²) in [5, 5.41) is 9.37. The highest BCUT2D eigenvalue weighted by Gasteiger charge is 2.47. The van der Waals surface area contributed by atoms with Crippen LogP contribution in [0.3, 0.4) is 0 Å².